The van der Waals surface area contributed by atoms with E-state index in [9.17, 15) is 14.9 Å². The summed E-state index contributed by atoms with van der Waals surface area (Å²) in [6.07, 6.45) is 4.79. The number of non-ortho nitro benzene ring substituents is 1. The van der Waals surface area contributed by atoms with Crippen LogP contribution in [0.5, 0.6) is 5.75 Å². The van der Waals surface area contributed by atoms with Crippen molar-refractivity contribution in [2.75, 3.05) is 0 Å². The van der Waals surface area contributed by atoms with Gasteiger partial charge in [-0.15, -0.1) is 0 Å². The number of carbonyl (C=O) groups is 1. The number of carbonyl (C=O) groups excluding carboxylic acids is 1. The minimum Gasteiger partial charge on any atom is -0.487 e. The first-order valence-electron chi connectivity index (χ1n) is 8.22. The van der Waals surface area contributed by atoms with E-state index < -0.39 is 4.92 Å². The first kappa shape index (κ1) is 18.0. The molecule has 0 bridgehead atoms. The van der Waals surface area contributed by atoms with E-state index in [1.165, 1.54) is 30.3 Å². The van der Waals surface area contributed by atoms with Crippen molar-refractivity contribution in [2.24, 2.45) is 0 Å². The molecule has 0 N–H and O–H groups in total. The number of nitro benzene ring substituents is 1. The van der Waals surface area contributed by atoms with E-state index in [2.05, 4.69) is 4.98 Å². The summed E-state index contributed by atoms with van der Waals surface area (Å²) in [5.41, 5.74) is 1.88. The lowest BCUT2D eigenvalue weighted by Gasteiger charge is -2.08. The molecule has 0 aliphatic rings. The van der Waals surface area contributed by atoms with Gasteiger partial charge in [-0.05, 0) is 42.5 Å². The number of allylic oxidation sites excluding steroid dienone is 1. The molecule has 6 heteroatoms. The zero-order chi connectivity index (χ0) is 19.1. The molecule has 0 spiro atoms. The van der Waals surface area contributed by atoms with Gasteiger partial charge in [0, 0.05) is 29.5 Å². The summed E-state index contributed by atoms with van der Waals surface area (Å²) in [4.78, 5) is 26.7. The second kappa shape index (κ2) is 8.53. The fourth-order valence-electron chi connectivity index (χ4n) is 2.39. The monoisotopic (exact) mass is 360 g/mol. The summed E-state index contributed by atoms with van der Waals surface area (Å²) in [7, 11) is 0. The van der Waals surface area contributed by atoms with Gasteiger partial charge in [-0.25, -0.2) is 0 Å². The van der Waals surface area contributed by atoms with Crippen LogP contribution < -0.4 is 4.74 Å². The van der Waals surface area contributed by atoms with Gasteiger partial charge in [0.15, 0.2) is 5.78 Å². The molecule has 0 aliphatic heterocycles. The minimum atomic E-state index is -0.501. The molecule has 1 heterocycles. The maximum atomic E-state index is 12.3. The number of nitro groups is 1. The first-order chi connectivity index (χ1) is 13.1. The summed E-state index contributed by atoms with van der Waals surface area (Å²) >= 11 is 0. The molecule has 134 valence electrons. The fraction of sp³-hybridized carbons (Fsp3) is 0.0476. The molecular formula is C21H16N2O4. The quantitative estimate of drug-likeness (QED) is 0.269. The van der Waals surface area contributed by atoms with E-state index in [0.717, 1.165) is 11.3 Å². The summed E-state index contributed by atoms with van der Waals surface area (Å²) in [5, 5.41) is 10.7. The number of rotatable bonds is 7. The van der Waals surface area contributed by atoms with E-state index in [1.807, 2.05) is 42.5 Å². The Kier molecular flexibility index (Phi) is 5.69. The van der Waals surface area contributed by atoms with Crippen LogP contribution in [0.2, 0.25) is 0 Å². The maximum absolute atomic E-state index is 12.3. The fourth-order valence-corrected chi connectivity index (χ4v) is 2.39. The Bertz CT molecular complexity index is 967. The van der Waals surface area contributed by atoms with E-state index in [1.54, 1.807) is 12.3 Å². The number of benzene rings is 2. The van der Waals surface area contributed by atoms with Crippen LogP contribution >= 0.6 is 0 Å². The van der Waals surface area contributed by atoms with Crippen LogP contribution in [0.15, 0.2) is 79.0 Å². The molecule has 0 unspecified atom stereocenters. The van der Waals surface area contributed by atoms with E-state index in [4.69, 9.17) is 4.74 Å². The van der Waals surface area contributed by atoms with Crippen LogP contribution in [0.25, 0.3) is 6.08 Å². The van der Waals surface area contributed by atoms with Crippen molar-refractivity contribution in [1.82, 2.24) is 4.98 Å². The summed E-state index contributed by atoms with van der Waals surface area (Å²) < 4.78 is 5.80. The van der Waals surface area contributed by atoms with Crippen LogP contribution in [-0.2, 0) is 6.61 Å². The van der Waals surface area contributed by atoms with Crippen LogP contribution in [0, 0.1) is 10.1 Å². The summed E-state index contributed by atoms with van der Waals surface area (Å²) in [6.45, 7) is 0.321. The van der Waals surface area contributed by atoms with Gasteiger partial charge in [0.05, 0.1) is 10.6 Å². The highest BCUT2D eigenvalue weighted by Crippen LogP contribution is 2.21. The Morgan fingerprint density at radius 1 is 1.04 bits per heavy atom. The average Bonchev–Trinajstić information content (AvgIpc) is 2.72. The molecule has 6 nitrogen and oxygen atoms in total. The van der Waals surface area contributed by atoms with Gasteiger partial charge in [0.2, 0.25) is 0 Å². The lowest BCUT2D eigenvalue weighted by Crippen LogP contribution is -1.99. The van der Waals surface area contributed by atoms with Crippen LogP contribution in [0.4, 0.5) is 5.69 Å². The molecule has 3 aromatic rings. The highest BCUT2D eigenvalue weighted by molar-refractivity contribution is 6.07. The predicted molar refractivity (Wildman–Crippen MR) is 101 cm³/mol. The Morgan fingerprint density at radius 2 is 1.78 bits per heavy atom. The van der Waals surface area contributed by atoms with Gasteiger partial charge in [-0.1, -0.05) is 24.3 Å². The van der Waals surface area contributed by atoms with Crippen molar-refractivity contribution < 1.29 is 14.5 Å². The third-order valence-corrected chi connectivity index (χ3v) is 3.80. The number of pyridine rings is 1. The first-order valence-corrected chi connectivity index (χ1v) is 8.22. The molecule has 27 heavy (non-hydrogen) atoms. The lowest BCUT2D eigenvalue weighted by atomic mass is 10.1. The van der Waals surface area contributed by atoms with E-state index in [0.29, 0.717) is 17.9 Å². The molecule has 3 rings (SSSR count). The molecule has 0 fully saturated rings. The molecule has 0 saturated heterocycles. The van der Waals surface area contributed by atoms with Crippen LogP contribution in [0.3, 0.4) is 0 Å². The normalized spacial score (nSPS) is 10.7. The highest BCUT2D eigenvalue weighted by atomic mass is 16.6. The largest absolute Gasteiger partial charge is 0.487 e. The van der Waals surface area contributed by atoms with Crippen molar-refractivity contribution in [3.63, 3.8) is 0 Å². The van der Waals surface area contributed by atoms with Gasteiger partial charge in [0.25, 0.3) is 5.69 Å². The molecule has 0 saturated carbocycles. The molecular weight excluding hydrogens is 344 g/mol. The zero-order valence-corrected chi connectivity index (χ0v) is 14.3. The molecule has 1 aromatic heterocycles. The molecule has 0 aliphatic carbocycles. The summed E-state index contributed by atoms with van der Waals surface area (Å²) in [5.74, 6) is 0.389. The molecule has 0 atom stereocenters. The van der Waals surface area contributed by atoms with Crippen molar-refractivity contribution in [1.29, 1.82) is 0 Å². The minimum absolute atomic E-state index is 0.0520. The lowest BCUT2D eigenvalue weighted by molar-refractivity contribution is -0.384. The van der Waals surface area contributed by atoms with Crippen LogP contribution in [-0.4, -0.2) is 15.7 Å². The Morgan fingerprint density at radius 3 is 2.48 bits per heavy atom. The van der Waals surface area contributed by atoms with Crippen molar-refractivity contribution in [3.8, 4) is 5.75 Å². The van der Waals surface area contributed by atoms with E-state index in [-0.39, 0.29) is 11.5 Å². The summed E-state index contributed by atoms with van der Waals surface area (Å²) in [6, 6.07) is 18.5. The number of hydrogen-bond donors (Lipinski definition) is 0. The maximum Gasteiger partial charge on any atom is 0.269 e. The van der Waals surface area contributed by atoms with Crippen LogP contribution in [0.1, 0.15) is 21.6 Å². The smallest absolute Gasteiger partial charge is 0.269 e. The van der Waals surface area contributed by atoms with Gasteiger partial charge in [-0.2, -0.15) is 0 Å². The van der Waals surface area contributed by atoms with Gasteiger partial charge in [0.1, 0.15) is 12.4 Å². The third kappa shape index (κ3) is 4.85. The van der Waals surface area contributed by atoms with Crippen molar-refractivity contribution in [3.05, 3.63) is 106 Å². The van der Waals surface area contributed by atoms with E-state index >= 15 is 0 Å². The van der Waals surface area contributed by atoms with Crippen molar-refractivity contribution in [2.45, 2.75) is 6.61 Å². The van der Waals surface area contributed by atoms with Gasteiger partial charge in [-0.3, -0.25) is 19.9 Å². The Hall–Kier alpha value is -3.80. The number of nitrogens with zero attached hydrogens (tertiary/aromatic N) is 2. The second-order valence-electron chi connectivity index (χ2n) is 5.65. The topological polar surface area (TPSA) is 82.3 Å². The number of ketones is 1. The molecule has 0 radical (unpaired) electrons. The SMILES string of the molecule is O=C(/C=C/c1ccccc1OCc1ccccn1)c1ccc([N+](=O)[O-])cc1. The predicted octanol–water partition coefficient (Wildman–Crippen LogP) is 4.46. The average molecular weight is 360 g/mol. The second-order valence-corrected chi connectivity index (χ2v) is 5.65. The van der Waals surface area contributed by atoms with Gasteiger partial charge >= 0.3 is 0 Å². The number of hydrogen-bond acceptors (Lipinski definition) is 5. The van der Waals surface area contributed by atoms with Gasteiger partial charge < -0.3 is 4.74 Å². The number of para-hydroxylation sites is 1. The third-order valence-electron chi connectivity index (χ3n) is 3.80. The molecule has 0 amide bonds. The van der Waals surface area contributed by atoms with Crippen molar-refractivity contribution >= 4 is 17.5 Å². The highest BCUT2D eigenvalue weighted by Gasteiger charge is 2.08. The Balaban J connectivity index is 1.71. The number of ether oxygens (including phenoxy) is 1. The molecule has 2 aromatic carbocycles. The standard InChI is InChI=1S/C21H16N2O4/c24-20(16-8-11-19(12-9-16)23(25)26)13-10-17-5-1-2-7-21(17)27-15-18-6-3-4-14-22-18/h1-14H,15H2/b13-10+. The number of aromatic nitrogens is 1. The Labute approximate surface area is 155 Å². The zero-order valence-electron chi connectivity index (χ0n) is 14.3.